The highest BCUT2D eigenvalue weighted by molar-refractivity contribution is 5.68. The first-order chi connectivity index (χ1) is 13.1. The van der Waals surface area contributed by atoms with E-state index in [1.54, 1.807) is 0 Å². The summed E-state index contributed by atoms with van der Waals surface area (Å²) in [6.07, 6.45) is 2.09. The number of phenols is 1. The number of fused-ring (bicyclic) bond motifs is 3. The maximum absolute atomic E-state index is 11.3. The molecule has 0 amide bonds. The molecule has 0 bridgehead atoms. The Kier molecular flexibility index (Phi) is 4.11. The van der Waals surface area contributed by atoms with Gasteiger partial charge < -0.3 is 15.0 Å². The van der Waals surface area contributed by atoms with Crippen LogP contribution in [-0.2, 0) is 10.8 Å². The SMILES string of the molecule is CC(C)(C)c1cc(C2Nc3ccccc3-n3cccc32)c(O)c(C(C)(C)C)c1. The zero-order chi connectivity index (χ0) is 20.3. The van der Waals surface area contributed by atoms with Crippen LogP contribution in [0.5, 0.6) is 5.75 Å². The number of aromatic hydroxyl groups is 1. The number of anilines is 1. The number of para-hydroxylation sites is 2. The molecule has 2 aromatic carbocycles. The lowest BCUT2D eigenvalue weighted by molar-refractivity contribution is 0.436. The third kappa shape index (κ3) is 2.99. The molecule has 0 saturated carbocycles. The second-order valence-corrected chi connectivity index (χ2v) is 9.86. The Hall–Kier alpha value is -2.68. The third-order valence-corrected chi connectivity index (χ3v) is 5.66. The predicted octanol–water partition coefficient (Wildman–Crippen LogP) is 6.29. The van der Waals surface area contributed by atoms with E-state index in [9.17, 15) is 5.11 Å². The van der Waals surface area contributed by atoms with Crippen LogP contribution in [0.3, 0.4) is 0 Å². The van der Waals surface area contributed by atoms with Crippen LogP contribution in [-0.4, -0.2) is 9.67 Å². The molecule has 0 radical (unpaired) electrons. The van der Waals surface area contributed by atoms with Crippen molar-refractivity contribution < 1.29 is 5.11 Å². The first-order valence-corrected chi connectivity index (χ1v) is 9.98. The lowest BCUT2D eigenvalue weighted by atomic mass is 9.77. The maximum Gasteiger partial charge on any atom is 0.124 e. The molecule has 2 heterocycles. The zero-order valence-electron chi connectivity index (χ0n) is 17.7. The molecule has 1 atom stereocenters. The van der Waals surface area contributed by atoms with Gasteiger partial charge in [-0.05, 0) is 52.3 Å². The molecule has 0 saturated heterocycles. The summed E-state index contributed by atoms with van der Waals surface area (Å²) in [5, 5.41) is 15.0. The zero-order valence-corrected chi connectivity index (χ0v) is 17.7. The second kappa shape index (κ2) is 6.16. The van der Waals surface area contributed by atoms with Gasteiger partial charge in [-0.25, -0.2) is 0 Å². The van der Waals surface area contributed by atoms with Crippen LogP contribution in [0.2, 0.25) is 0 Å². The van der Waals surface area contributed by atoms with E-state index < -0.39 is 0 Å². The van der Waals surface area contributed by atoms with E-state index in [-0.39, 0.29) is 16.9 Å². The molecule has 1 aromatic heterocycles. The molecular weight excluding hydrogens is 344 g/mol. The highest BCUT2D eigenvalue weighted by Crippen LogP contribution is 2.44. The van der Waals surface area contributed by atoms with Crippen LogP contribution < -0.4 is 5.32 Å². The molecule has 28 heavy (non-hydrogen) atoms. The minimum absolute atomic E-state index is 0.00296. The molecule has 2 N–H and O–H groups in total. The summed E-state index contributed by atoms with van der Waals surface area (Å²) in [7, 11) is 0. The van der Waals surface area contributed by atoms with Crippen molar-refractivity contribution in [2.75, 3.05) is 5.32 Å². The highest BCUT2D eigenvalue weighted by atomic mass is 16.3. The van der Waals surface area contributed by atoms with Gasteiger partial charge in [-0.2, -0.15) is 0 Å². The number of hydrogen-bond acceptors (Lipinski definition) is 2. The average Bonchev–Trinajstić information content (AvgIpc) is 3.09. The van der Waals surface area contributed by atoms with E-state index in [1.807, 2.05) is 6.07 Å². The summed E-state index contributed by atoms with van der Waals surface area (Å²) in [5.41, 5.74) is 6.38. The van der Waals surface area contributed by atoms with Crippen molar-refractivity contribution in [3.63, 3.8) is 0 Å². The fraction of sp³-hybridized carbons (Fsp3) is 0.360. The lowest BCUT2D eigenvalue weighted by Crippen LogP contribution is -2.24. The Balaban J connectivity index is 1.95. The first kappa shape index (κ1) is 18.7. The van der Waals surface area contributed by atoms with Crippen LogP contribution in [0.25, 0.3) is 5.69 Å². The number of nitrogens with one attached hydrogen (secondary N) is 1. The molecule has 3 nitrogen and oxygen atoms in total. The summed E-state index contributed by atoms with van der Waals surface area (Å²) in [6.45, 7) is 13.1. The molecule has 1 aliphatic heterocycles. The largest absolute Gasteiger partial charge is 0.507 e. The van der Waals surface area contributed by atoms with Gasteiger partial charge in [0.1, 0.15) is 5.75 Å². The maximum atomic E-state index is 11.3. The summed E-state index contributed by atoms with van der Waals surface area (Å²) < 4.78 is 2.22. The fourth-order valence-electron chi connectivity index (χ4n) is 4.00. The smallest absolute Gasteiger partial charge is 0.124 e. The van der Waals surface area contributed by atoms with Gasteiger partial charge in [-0.3, -0.25) is 0 Å². The Labute approximate surface area is 168 Å². The molecule has 4 rings (SSSR count). The van der Waals surface area contributed by atoms with Crippen molar-refractivity contribution in [2.45, 2.75) is 58.4 Å². The van der Waals surface area contributed by atoms with E-state index in [2.05, 4.69) is 100 Å². The van der Waals surface area contributed by atoms with Crippen molar-refractivity contribution in [1.29, 1.82) is 0 Å². The fourth-order valence-corrected chi connectivity index (χ4v) is 4.00. The number of rotatable bonds is 1. The van der Waals surface area contributed by atoms with E-state index in [1.165, 1.54) is 5.56 Å². The topological polar surface area (TPSA) is 37.2 Å². The van der Waals surface area contributed by atoms with Crippen molar-refractivity contribution >= 4 is 5.69 Å². The minimum Gasteiger partial charge on any atom is -0.507 e. The normalized spacial score (nSPS) is 16.3. The summed E-state index contributed by atoms with van der Waals surface area (Å²) in [4.78, 5) is 0. The van der Waals surface area contributed by atoms with Gasteiger partial charge in [0.25, 0.3) is 0 Å². The Morgan fingerprint density at radius 2 is 1.61 bits per heavy atom. The van der Waals surface area contributed by atoms with Gasteiger partial charge in [0.15, 0.2) is 0 Å². The Morgan fingerprint density at radius 1 is 0.893 bits per heavy atom. The number of phenolic OH excluding ortho intramolecular Hbond substituents is 1. The quantitative estimate of drug-likeness (QED) is 0.525. The molecule has 0 aliphatic carbocycles. The molecule has 0 spiro atoms. The molecule has 146 valence electrons. The predicted molar refractivity (Wildman–Crippen MR) is 117 cm³/mol. The van der Waals surface area contributed by atoms with Crippen LogP contribution in [0.15, 0.2) is 54.7 Å². The van der Waals surface area contributed by atoms with Crippen LogP contribution in [0, 0.1) is 0 Å². The third-order valence-electron chi connectivity index (χ3n) is 5.66. The second-order valence-electron chi connectivity index (χ2n) is 9.86. The molecule has 0 fully saturated rings. The van der Waals surface area contributed by atoms with Crippen molar-refractivity contribution in [1.82, 2.24) is 4.57 Å². The molecular formula is C25H30N2O. The minimum atomic E-state index is -0.144. The summed E-state index contributed by atoms with van der Waals surface area (Å²) >= 11 is 0. The van der Waals surface area contributed by atoms with E-state index in [0.29, 0.717) is 5.75 Å². The number of hydrogen-bond donors (Lipinski definition) is 2. The Bertz CT molecular complexity index is 1030. The standard InChI is InChI=1S/C25H30N2O/c1-24(2,3)16-14-17(23(28)18(15-16)25(4,5)6)22-21-12-9-13-27(21)20-11-8-7-10-19(20)26-22/h7-15,22,26,28H,1-6H3. The van der Waals surface area contributed by atoms with Gasteiger partial charge in [-0.15, -0.1) is 0 Å². The molecule has 1 aliphatic rings. The van der Waals surface area contributed by atoms with Crippen LogP contribution >= 0.6 is 0 Å². The number of benzene rings is 2. The van der Waals surface area contributed by atoms with Gasteiger partial charge >= 0.3 is 0 Å². The lowest BCUT2D eigenvalue weighted by Gasteiger charge is -2.33. The van der Waals surface area contributed by atoms with Crippen LogP contribution in [0.1, 0.15) is 70.0 Å². The van der Waals surface area contributed by atoms with E-state index in [4.69, 9.17) is 0 Å². The highest BCUT2D eigenvalue weighted by Gasteiger charge is 2.31. The van der Waals surface area contributed by atoms with Gasteiger partial charge in [0, 0.05) is 17.5 Å². The van der Waals surface area contributed by atoms with Crippen LogP contribution in [0.4, 0.5) is 5.69 Å². The summed E-state index contributed by atoms with van der Waals surface area (Å²) in [5.74, 6) is 0.394. The van der Waals surface area contributed by atoms with Crippen molar-refractivity contribution in [2.24, 2.45) is 0 Å². The van der Waals surface area contributed by atoms with Crippen molar-refractivity contribution in [3.05, 3.63) is 77.1 Å². The summed E-state index contributed by atoms with van der Waals surface area (Å²) in [6, 6.07) is 16.8. The first-order valence-electron chi connectivity index (χ1n) is 9.98. The molecule has 1 unspecified atom stereocenters. The van der Waals surface area contributed by atoms with Crippen molar-refractivity contribution in [3.8, 4) is 11.4 Å². The van der Waals surface area contributed by atoms with Gasteiger partial charge in [0.2, 0.25) is 0 Å². The molecule has 3 heteroatoms. The number of nitrogens with zero attached hydrogens (tertiary/aromatic N) is 1. The molecule has 3 aromatic rings. The number of aromatic nitrogens is 1. The van der Waals surface area contributed by atoms with E-state index in [0.717, 1.165) is 28.2 Å². The Morgan fingerprint density at radius 3 is 2.29 bits per heavy atom. The van der Waals surface area contributed by atoms with Gasteiger partial charge in [0.05, 0.1) is 17.4 Å². The monoisotopic (exact) mass is 374 g/mol. The van der Waals surface area contributed by atoms with Gasteiger partial charge in [-0.1, -0.05) is 59.7 Å². The average molecular weight is 375 g/mol. The van der Waals surface area contributed by atoms with E-state index >= 15 is 0 Å².